The van der Waals surface area contributed by atoms with Crippen molar-refractivity contribution in [3.63, 3.8) is 0 Å². The molecule has 0 fully saturated rings. The number of nitrogens with zero attached hydrogens (tertiary/aromatic N) is 2. The van der Waals surface area contributed by atoms with Gasteiger partial charge in [0.2, 0.25) is 0 Å². The van der Waals surface area contributed by atoms with Crippen molar-refractivity contribution < 1.29 is 20.4 Å². The number of benzene rings is 2. The minimum atomic E-state index is 0. The summed E-state index contributed by atoms with van der Waals surface area (Å²) in [7, 11) is 0. The molecule has 0 saturated carbocycles. The Morgan fingerprint density at radius 1 is 0.419 bits per heavy atom. The molecule has 0 heterocycles. The number of unbranched alkanes of at least 4 members (excludes halogenated alkanes) is 8. The summed E-state index contributed by atoms with van der Waals surface area (Å²) in [6, 6.07) is 14.1. The molecule has 0 aliphatic rings. The zero-order valence-corrected chi connectivity index (χ0v) is 30.4. The van der Waals surface area contributed by atoms with E-state index in [1.807, 2.05) is 0 Å². The second-order valence-corrected chi connectivity index (χ2v) is 12.4. The van der Waals surface area contributed by atoms with Gasteiger partial charge in [-0.15, -0.1) is 0 Å². The monoisotopic (exact) mass is 678 g/mol. The predicted octanol–water partition coefficient (Wildman–Crippen LogP) is 13.1. The van der Waals surface area contributed by atoms with Crippen LogP contribution in [0.25, 0.3) is 0 Å². The fourth-order valence-corrected chi connectivity index (χ4v) is 5.69. The van der Waals surface area contributed by atoms with Crippen molar-refractivity contribution in [3.8, 4) is 0 Å². The molecule has 0 N–H and O–H groups in total. The molecule has 2 aromatic rings. The van der Waals surface area contributed by atoms with Crippen LogP contribution in [-0.2, 0) is 46.1 Å². The van der Waals surface area contributed by atoms with Crippen molar-refractivity contribution in [1.29, 1.82) is 0 Å². The molecule has 3 heteroatoms. The number of aliphatic imine (C=N–C) groups is 2. The summed E-state index contributed by atoms with van der Waals surface area (Å²) in [6.45, 7) is 13.7. The largest absolute Gasteiger partial charge is 2.00 e. The van der Waals surface area contributed by atoms with Crippen LogP contribution in [0.3, 0.4) is 0 Å². The molecule has 0 radical (unpaired) electrons. The van der Waals surface area contributed by atoms with Crippen LogP contribution in [0.4, 0.5) is 11.4 Å². The van der Waals surface area contributed by atoms with E-state index in [1.54, 1.807) is 0 Å². The van der Waals surface area contributed by atoms with Gasteiger partial charge in [0.05, 0.1) is 22.8 Å². The van der Waals surface area contributed by atoms with Crippen LogP contribution in [0.5, 0.6) is 0 Å². The van der Waals surface area contributed by atoms with Crippen LogP contribution < -0.4 is 0 Å². The quantitative estimate of drug-likeness (QED) is 0.0635. The normalized spacial score (nSPS) is 12.0. The molecule has 0 aromatic heterocycles. The molecule has 0 bridgehead atoms. The first kappa shape index (κ1) is 39.5. The van der Waals surface area contributed by atoms with Crippen molar-refractivity contribution in [3.05, 3.63) is 58.7 Å². The molecule has 0 spiro atoms. The summed E-state index contributed by atoms with van der Waals surface area (Å²) in [5.41, 5.74) is 10.7. The van der Waals surface area contributed by atoms with E-state index in [0.717, 1.165) is 43.5 Å². The van der Waals surface area contributed by atoms with E-state index in [1.165, 1.54) is 130 Å². The van der Waals surface area contributed by atoms with Gasteiger partial charge in [-0.05, 0) is 124 Å². The van der Waals surface area contributed by atoms with Crippen molar-refractivity contribution >= 4 is 22.8 Å². The molecular weight excluding hydrogens is 615 g/mol. The van der Waals surface area contributed by atoms with Gasteiger partial charge in [0, 0.05) is 0 Å². The summed E-state index contributed by atoms with van der Waals surface area (Å²) >= 11 is 0. The van der Waals surface area contributed by atoms with Gasteiger partial charge in [-0.2, -0.15) is 0 Å². The summed E-state index contributed by atoms with van der Waals surface area (Å²) < 4.78 is 0. The molecule has 0 unspecified atom stereocenters. The van der Waals surface area contributed by atoms with Crippen LogP contribution in [0.2, 0.25) is 0 Å². The van der Waals surface area contributed by atoms with Crippen molar-refractivity contribution in [2.75, 3.05) is 0 Å². The molecule has 0 atom stereocenters. The molecule has 2 aromatic carbocycles. The second-order valence-electron chi connectivity index (χ2n) is 12.4. The third-order valence-corrected chi connectivity index (χ3v) is 8.47. The standard InChI is InChI=1S/C40H64N2.Pd/c1-7-13-19-20-26-40(42-38-30-28-34(22-15-9-3)36(32-38)24-17-11-5)39(25-18-12-6)41-37-29-27-33(21-14-8-2)35(31-37)23-16-10-4;/h27-32H,7-26H2,1-6H3;/q;+2. The molecule has 0 saturated heterocycles. The Kier molecular flexibility index (Phi) is 22.7. The Hall–Kier alpha value is -1.56. The summed E-state index contributed by atoms with van der Waals surface area (Å²) in [5, 5.41) is 0. The Balaban J connectivity index is 0.00000924. The van der Waals surface area contributed by atoms with Crippen LogP contribution in [0.1, 0.15) is 167 Å². The summed E-state index contributed by atoms with van der Waals surface area (Å²) in [5.74, 6) is 0. The first-order valence-electron chi connectivity index (χ1n) is 18.0. The fourth-order valence-electron chi connectivity index (χ4n) is 5.69. The van der Waals surface area contributed by atoms with Crippen LogP contribution in [0.15, 0.2) is 46.4 Å². The van der Waals surface area contributed by atoms with Crippen LogP contribution in [-0.4, -0.2) is 11.4 Å². The molecular formula is C40H64N2Pd+2. The van der Waals surface area contributed by atoms with E-state index >= 15 is 0 Å². The summed E-state index contributed by atoms with van der Waals surface area (Å²) in [6.07, 6.45) is 24.0. The zero-order valence-electron chi connectivity index (χ0n) is 28.8. The van der Waals surface area contributed by atoms with Crippen molar-refractivity contribution in [1.82, 2.24) is 0 Å². The zero-order chi connectivity index (χ0) is 30.4. The smallest absolute Gasteiger partial charge is 0.252 e. The number of hydrogen-bond acceptors (Lipinski definition) is 2. The number of hydrogen-bond donors (Lipinski definition) is 0. The molecule has 2 nitrogen and oxygen atoms in total. The Morgan fingerprint density at radius 3 is 1.19 bits per heavy atom. The Labute approximate surface area is 280 Å². The Bertz CT molecular complexity index is 1070. The first-order chi connectivity index (χ1) is 20.6. The molecule has 43 heavy (non-hydrogen) atoms. The van der Waals surface area contributed by atoms with Gasteiger partial charge in [-0.1, -0.05) is 105 Å². The average Bonchev–Trinajstić information content (AvgIpc) is 3.01. The SMILES string of the molecule is CCCCCCC(=Nc1ccc(CCCC)c(CCCC)c1)C(CCCC)=Nc1ccc(CCCC)c(CCCC)c1.[Pd+2]. The van der Waals surface area contributed by atoms with Crippen LogP contribution >= 0.6 is 0 Å². The van der Waals surface area contributed by atoms with E-state index < -0.39 is 0 Å². The maximum absolute atomic E-state index is 5.41. The van der Waals surface area contributed by atoms with Gasteiger partial charge in [0.25, 0.3) is 0 Å². The predicted molar refractivity (Wildman–Crippen MR) is 190 cm³/mol. The molecule has 0 aliphatic carbocycles. The van der Waals surface area contributed by atoms with Gasteiger partial charge in [0.1, 0.15) is 0 Å². The van der Waals surface area contributed by atoms with Gasteiger partial charge < -0.3 is 0 Å². The van der Waals surface area contributed by atoms with Gasteiger partial charge in [-0.3, -0.25) is 9.98 Å². The van der Waals surface area contributed by atoms with E-state index in [9.17, 15) is 0 Å². The number of rotatable bonds is 23. The molecule has 2 rings (SSSR count). The average molecular weight is 679 g/mol. The van der Waals surface area contributed by atoms with E-state index in [-0.39, 0.29) is 20.4 Å². The third kappa shape index (κ3) is 15.3. The minimum Gasteiger partial charge on any atom is -0.252 e. The van der Waals surface area contributed by atoms with E-state index in [2.05, 4.69) is 77.9 Å². The molecule has 242 valence electrons. The third-order valence-electron chi connectivity index (χ3n) is 8.47. The maximum atomic E-state index is 5.41. The summed E-state index contributed by atoms with van der Waals surface area (Å²) in [4.78, 5) is 10.8. The van der Waals surface area contributed by atoms with Crippen molar-refractivity contribution in [2.24, 2.45) is 9.98 Å². The second kappa shape index (κ2) is 24.7. The van der Waals surface area contributed by atoms with E-state index in [4.69, 9.17) is 9.98 Å². The minimum absolute atomic E-state index is 0. The van der Waals surface area contributed by atoms with Crippen LogP contribution in [0, 0.1) is 0 Å². The first-order valence-corrected chi connectivity index (χ1v) is 18.0. The van der Waals surface area contributed by atoms with E-state index in [0.29, 0.717) is 0 Å². The Morgan fingerprint density at radius 2 is 0.791 bits per heavy atom. The van der Waals surface area contributed by atoms with Gasteiger partial charge in [-0.25, -0.2) is 0 Å². The molecule has 0 amide bonds. The molecule has 0 aliphatic heterocycles. The van der Waals surface area contributed by atoms with Gasteiger partial charge in [0.15, 0.2) is 0 Å². The topological polar surface area (TPSA) is 24.7 Å². The number of aryl methyl sites for hydroxylation is 4. The maximum Gasteiger partial charge on any atom is 2.00 e. The van der Waals surface area contributed by atoms with Crippen molar-refractivity contribution in [2.45, 2.75) is 170 Å². The van der Waals surface area contributed by atoms with Gasteiger partial charge >= 0.3 is 20.4 Å². The fraction of sp³-hybridized carbons (Fsp3) is 0.650.